The largest absolute Gasteiger partial charge is 0.227 e. The van der Waals surface area contributed by atoms with Gasteiger partial charge in [-0.15, -0.1) is 23.4 Å². The Hall–Kier alpha value is 0.580. The maximum absolute atomic E-state index is 10.7. The smallest absolute Gasteiger partial charge is 0.225 e. The molecule has 11 heavy (non-hydrogen) atoms. The van der Waals surface area contributed by atoms with E-state index in [-0.39, 0.29) is 0 Å². The number of hydrogen-bond donors (Lipinski definition) is 1. The minimum absolute atomic E-state index is 0.329. The van der Waals surface area contributed by atoms with Crippen LogP contribution < -0.4 is 5.14 Å². The van der Waals surface area contributed by atoms with Crippen LogP contribution in [0.5, 0.6) is 0 Å². The number of hydrogen-bond acceptors (Lipinski definition) is 3. The van der Waals surface area contributed by atoms with Crippen molar-refractivity contribution in [1.29, 1.82) is 0 Å². The van der Waals surface area contributed by atoms with Crippen LogP contribution in [0.4, 0.5) is 0 Å². The molecule has 0 amide bonds. The molecule has 0 saturated heterocycles. The maximum Gasteiger partial charge on any atom is 0.225 e. The van der Waals surface area contributed by atoms with E-state index in [1.54, 1.807) is 0 Å². The zero-order chi connectivity index (χ0) is 8.65. The monoisotopic (exact) mass is 233 g/mol. The van der Waals surface area contributed by atoms with Crippen molar-refractivity contribution < 1.29 is 8.42 Å². The van der Waals surface area contributed by atoms with Crippen molar-refractivity contribution in [3.63, 3.8) is 0 Å². The number of halogens is 2. The van der Waals surface area contributed by atoms with Gasteiger partial charge in [-0.05, 0) is 6.08 Å². The lowest BCUT2D eigenvalue weighted by molar-refractivity contribution is 0.599. The first kappa shape index (κ1) is 9.67. The minimum Gasteiger partial charge on any atom is -0.227 e. The molecule has 0 bridgehead atoms. The van der Waals surface area contributed by atoms with Gasteiger partial charge in [-0.2, -0.15) is 0 Å². The molecule has 7 heteroatoms. The molecule has 2 unspecified atom stereocenters. The van der Waals surface area contributed by atoms with Crippen LogP contribution in [0.25, 0.3) is 0 Å². The van der Waals surface area contributed by atoms with Gasteiger partial charge < -0.3 is 0 Å². The SMILES string of the molecule is NS(=O)(=O)C1C=C(Cl)C(Cl)S1. The Bertz CT molecular complexity index is 286. The van der Waals surface area contributed by atoms with Crippen molar-refractivity contribution >= 4 is 45.0 Å². The van der Waals surface area contributed by atoms with E-state index in [2.05, 4.69) is 0 Å². The van der Waals surface area contributed by atoms with E-state index >= 15 is 0 Å². The molecule has 0 fully saturated rings. The van der Waals surface area contributed by atoms with Gasteiger partial charge in [0.15, 0.2) is 0 Å². The number of rotatable bonds is 1. The Kier molecular flexibility index (Phi) is 2.76. The molecule has 1 rings (SSSR count). The van der Waals surface area contributed by atoms with Crippen molar-refractivity contribution in [3.8, 4) is 0 Å². The van der Waals surface area contributed by atoms with Gasteiger partial charge in [-0.3, -0.25) is 0 Å². The summed E-state index contributed by atoms with van der Waals surface area (Å²) < 4.78 is 20.2. The van der Waals surface area contributed by atoms with Crippen LogP contribution >= 0.6 is 35.0 Å². The van der Waals surface area contributed by atoms with E-state index < -0.39 is 19.3 Å². The van der Waals surface area contributed by atoms with Gasteiger partial charge >= 0.3 is 0 Å². The lowest BCUT2D eigenvalue weighted by atomic mass is 10.6. The van der Waals surface area contributed by atoms with Crippen LogP contribution in [0, 0.1) is 0 Å². The van der Waals surface area contributed by atoms with E-state index in [0.29, 0.717) is 5.03 Å². The molecule has 0 saturated carbocycles. The summed E-state index contributed by atoms with van der Waals surface area (Å²) in [6, 6.07) is 0. The number of alkyl halides is 1. The molecule has 0 radical (unpaired) electrons. The molecule has 0 spiro atoms. The summed E-state index contributed by atoms with van der Waals surface area (Å²) in [6.45, 7) is 0. The highest BCUT2D eigenvalue weighted by atomic mass is 35.5. The van der Waals surface area contributed by atoms with E-state index in [4.69, 9.17) is 28.3 Å². The highest BCUT2D eigenvalue weighted by Crippen LogP contribution is 2.39. The predicted molar refractivity (Wildman–Crippen MR) is 48.1 cm³/mol. The topological polar surface area (TPSA) is 60.2 Å². The first-order chi connectivity index (χ1) is 4.91. The summed E-state index contributed by atoms with van der Waals surface area (Å²) in [5.41, 5.74) is 0. The summed E-state index contributed by atoms with van der Waals surface area (Å²) >= 11 is 12.2. The second-order valence-electron chi connectivity index (χ2n) is 1.96. The van der Waals surface area contributed by atoms with Crippen molar-refractivity contribution in [3.05, 3.63) is 11.1 Å². The first-order valence-electron chi connectivity index (χ1n) is 2.59. The molecular weight excluding hydrogens is 229 g/mol. The molecule has 0 aromatic carbocycles. The standard InChI is InChI=1S/C4H5Cl2NO2S2/c5-2-1-3(10-4(2)6)11(7,8)9/h1,3-4H,(H2,7,8,9). The highest BCUT2D eigenvalue weighted by Gasteiger charge is 2.31. The summed E-state index contributed by atoms with van der Waals surface area (Å²) in [6.07, 6.45) is 1.35. The maximum atomic E-state index is 10.7. The average Bonchev–Trinajstić information content (AvgIpc) is 2.11. The highest BCUT2D eigenvalue weighted by molar-refractivity contribution is 8.14. The van der Waals surface area contributed by atoms with Gasteiger partial charge in [-0.1, -0.05) is 11.6 Å². The molecule has 64 valence electrons. The molecule has 0 aromatic heterocycles. The lowest BCUT2D eigenvalue weighted by Gasteiger charge is -2.03. The number of sulfonamides is 1. The van der Waals surface area contributed by atoms with Crippen molar-refractivity contribution in [1.82, 2.24) is 0 Å². The van der Waals surface area contributed by atoms with Crippen LogP contribution in [0.3, 0.4) is 0 Å². The summed E-state index contributed by atoms with van der Waals surface area (Å²) in [7, 11) is -3.55. The third-order valence-electron chi connectivity index (χ3n) is 1.09. The van der Waals surface area contributed by atoms with Crippen LogP contribution in [0.15, 0.2) is 11.1 Å². The van der Waals surface area contributed by atoms with Crippen molar-refractivity contribution in [2.45, 2.75) is 9.29 Å². The van der Waals surface area contributed by atoms with Crippen LogP contribution in [-0.2, 0) is 10.0 Å². The van der Waals surface area contributed by atoms with Crippen LogP contribution in [0.1, 0.15) is 0 Å². The Balaban J connectivity index is 2.85. The molecular formula is C4H5Cl2NO2S2. The number of nitrogens with two attached hydrogens (primary N) is 1. The van der Waals surface area contributed by atoms with Crippen molar-refractivity contribution in [2.75, 3.05) is 0 Å². The summed E-state index contributed by atoms with van der Waals surface area (Å²) in [4.78, 5) is 0. The second kappa shape index (κ2) is 3.14. The molecule has 2 atom stereocenters. The van der Waals surface area contributed by atoms with Gasteiger partial charge in [0.2, 0.25) is 10.0 Å². The van der Waals surface area contributed by atoms with E-state index in [0.717, 1.165) is 11.8 Å². The molecule has 1 aliphatic heterocycles. The van der Waals surface area contributed by atoms with Gasteiger partial charge in [0.25, 0.3) is 0 Å². The molecule has 2 N–H and O–H groups in total. The fourth-order valence-corrected chi connectivity index (χ4v) is 3.58. The Morgan fingerprint density at radius 2 is 2.18 bits per heavy atom. The normalized spacial score (nSPS) is 32.1. The molecule has 0 aliphatic carbocycles. The van der Waals surface area contributed by atoms with Gasteiger partial charge in [0.1, 0.15) is 9.29 Å². The molecule has 1 aliphatic rings. The molecule has 0 aromatic rings. The van der Waals surface area contributed by atoms with Crippen LogP contribution in [-0.4, -0.2) is 17.7 Å². The fourth-order valence-electron chi connectivity index (χ4n) is 0.600. The average molecular weight is 234 g/mol. The molecule has 3 nitrogen and oxygen atoms in total. The third kappa shape index (κ3) is 2.26. The lowest BCUT2D eigenvalue weighted by Crippen LogP contribution is -2.22. The quantitative estimate of drug-likeness (QED) is 0.689. The minimum atomic E-state index is -3.55. The van der Waals surface area contributed by atoms with Crippen LogP contribution in [0.2, 0.25) is 0 Å². The Morgan fingerprint density at radius 3 is 2.36 bits per heavy atom. The number of primary sulfonamides is 1. The third-order valence-corrected chi connectivity index (χ3v) is 5.04. The zero-order valence-electron chi connectivity index (χ0n) is 5.20. The number of thioether (sulfide) groups is 1. The summed E-state index contributed by atoms with van der Waals surface area (Å²) in [5, 5.41) is 5.18. The van der Waals surface area contributed by atoms with Gasteiger partial charge in [0.05, 0.1) is 0 Å². The molecule has 1 heterocycles. The van der Waals surface area contributed by atoms with E-state index in [1.807, 2.05) is 0 Å². The predicted octanol–water partition coefficient (Wildman–Crippen LogP) is 1.04. The Labute approximate surface area is 79.0 Å². The Morgan fingerprint density at radius 1 is 1.64 bits per heavy atom. The van der Waals surface area contributed by atoms with Gasteiger partial charge in [0, 0.05) is 5.03 Å². The first-order valence-corrected chi connectivity index (χ1v) is 5.96. The summed E-state index contributed by atoms with van der Waals surface area (Å²) in [5.74, 6) is 0. The second-order valence-corrected chi connectivity index (χ2v) is 6.33. The van der Waals surface area contributed by atoms with Crippen molar-refractivity contribution in [2.24, 2.45) is 5.14 Å². The fraction of sp³-hybridized carbons (Fsp3) is 0.500. The zero-order valence-corrected chi connectivity index (χ0v) is 8.34. The van der Waals surface area contributed by atoms with E-state index in [9.17, 15) is 8.42 Å². The van der Waals surface area contributed by atoms with E-state index in [1.165, 1.54) is 6.08 Å². The van der Waals surface area contributed by atoms with Gasteiger partial charge in [-0.25, -0.2) is 13.6 Å².